The maximum absolute atomic E-state index is 11.8. The zero-order chi connectivity index (χ0) is 12.9. The number of halogens is 3. The summed E-state index contributed by atoms with van der Waals surface area (Å²) in [5.41, 5.74) is 1.58. The number of amides is 1. The number of hydrogen-bond acceptors (Lipinski definition) is 3. The molecular formula is C10H17F3N2OS. The van der Waals surface area contributed by atoms with Crippen LogP contribution in [0.25, 0.3) is 0 Å². The van der Waals surface area contributed by atoms with Gasteiger partial charge in [-0.1, -0.05) is 12.8 Å². The molecule has 3 nitrogen and oxygen atoms in total. The maximum atomic E-state index is 11.8. The van der Waals surface area contributed by atoms with Crippen molar-refractivity contribution in [2.45, 2.75) is 37.2 Å². The Morgan fingerprint density at radius 3 is 2.59 bits per heavy atom. The van der Waals surface area contributed by atoms with Crippen LogP contribution in [0.5, 0.6) is 0 Å². The molecular weight excluding hydrogens is 253 g/mol. The molecule has 0 saturated heterocycles. The third-order valence-electron chi connectivity index (χ3n) is 2.82. The molecule has 3 N–H and O–H groups in total. The molecule has 100 valence electrons. The first kappa shape index (κ1) is 14.6. The average molecular weight is 270 g/mol. The fourth-order valence-corrected chi connectivity index (χ4v) is 2.39. The number of rotatable bonds is 4. The molecule has 0 aromatic heterocycles. The van der Waals surface area contributed by atoms with E-state index in [-0.39, 0.29) is 41.9 Å². The topological polar surface area (TPSA) is 55.1 Å². The highest BCUT2D eigenvalue weighted by Crippen LogP contribution is 2.29. The molecule has 0 bridgehead atoms. The largest absolute Gasteiger partial charge is 0.441 e. The monoisotopic (exact) mass is 270 g/mol. The Hall–Kier alpha value is -0.430. The Labute approximate surface area is 103 Å². The van der Waals surface area contributed by atoms with Crippen molar-refractivity contribution in [2.24, 2.45) is 11.7 Å². The summed E-state index contributed by atoms with van der Waals surface area (Å²) in [6, 6.07) is -0.154. The normalized spacial score (nSPS) is 25.6. The molecule has 1 aliphatic rings. The van der Waals surface area contributed by atoms with Crippen molar-refractivity contribution >= 4 is 17.7 Å². The lowest BCUT2D eigenvalue weighted by molar-refractivity contribution is -0.126. The zero-order valence-electron chi connectivity index (χ0n) is 9.43. The standard InChI is InChI=1S/C10H17F3N2OS/c11-10(12,13)17-6-5-15-9(16)7-3-1-2-4-8(7)14/h7-8H,1-6,14H2,(H,15,16). The van der Waals surface area contributed by atoms with Crippen LogP contribution >= 0.6 is 11.8 Å². The summed E-state index contributed by atoms with van der Waals surface area (Å²) in [5.74, 6) is -0.600. The Kier molecular flexibility index (Phi) is 5.58. The number of hydrogen-bond donors (Lipinski definition) is 2. The molecule has 7 heteroatoms. The minimum Gasteiger partial charge on any atom is -0.355 e. The molecule has 0 radical (unpaired) electrons. The van der Waals surface area contributed by atoms with Gasteiger partial charge in [-0.25, -0.2) is 0 Å². The summed E-state index contributed by atoms with van der Waals surface area (Å²) in [6.45, 7) is 0.0340. The fourth-order valence-electron chi connectivity index (χ4n) is 1.96. The number of nitrogens with two attached hydrogens (primary N) is 1. The molecule has 1 rings (SSSR count). The van der Waals surface area contributed by atoms with Crippen molar-refractivity contribution in [1.29, 1.82) is 0 Å². The van der Waals surface area contributed by atoms with E-state index in [2.05, 4.69) is 5.32 Å². The summed E-state index contributed by atoms with van der Waals surface area (Å²) < 4.78 is 35.5. The predicted molar refractivity (Wildman–Crippen MR) is 61.5 cm³/mol. The van der Waals surface area contributed by atoms with Gasteiger partial charge in [0.25, 0.3) is 0 Å². The third kappa shape index (κ3) is 5.63. The number of carbonyl (C=O) groups excluding carboxylic acids is 1. The Morgan fingerprint density at radius 1 is 1.35 bits per heavy atom. The van der Waals surface area contributed by atoms with Gasteiger partial charge in [-0.3, -0.25) is 4.79 Å². The molecule has 1 amide bonds. The van der Waals surface area contributed by atoms with E-state index in [0.717, 1.165) is 25.7 Å². The highest BCUT2D eigenvalue weighted by atomic mass is 32.2. The van der Waals surface area contributed by atoms with E-state index in [9.17, 15) is 18.0 Å². The second-order valence-corrected chi connectivity index (χ2v) is 5.30. The lowest BCUT2D eigenvalue weighted by Gasteiger charge is -2.27. The van der Waals surface area contributed by atoms with Gasteiger partial charge >= 0.3 is 5.51 Å². The Morgan fingerprint density at radius 2 is 2.00 bits per heavy atom. The second kappa shape index (κ2) is 6.49. The van der Waals surface area contributed by atoms with Gasteiger partial charge in [0.05, 0.1) is 5.92 Å². The van der Waals surface area contributed by atoms with Crippen molar-refractivity contribution in [1.82, 2.24) is 5.32 Å². The Balaban J connectivity index is 2.20. The number of alkyl halides is 3. The van der Waals surface area contributed by atoms with E-state index in [1.54, 1.807) is 0 Å². The summed E-state index contributed by atoms with van der Waals surface area (Å²) >= 11 is -0.123. The van der Waals surface area contributed by atoms with Crippen LogP contribution in [0, 0.1) is 5.92 Å². The molecule has 17 heavy (non-hydrogen) atoms. The summed E-state index contributed by atoms with van der Waals surface area (Å²) in [4.78, 5) is 11.7. The van der Waals surface area contributed by atoms with Crippen LogP contribution in [0.1, 0.15) is 25.7 Å². The van der Waals surface area contributed by atoms with Crippen LogP contribution in [-0.4, -0.2) is 29.8 Å². The zero-order valence-corrected chi connectivity index (χ0v) is 10.2. The van der Waals surface area contributed by atoms with Crippen molar-refractivity contribution < 1.29 is 18.0 Å². The van der Waals surface area contributed by atoms with E-state index < -0.39 is 5.51 Å². The van der Waals surface area contributed by atoms with Gasteiger partial charge in [0.1, 0.15) is 0 Å². The summed E-state index contributed by atoms with van der Waals surface area (Å²) in [6.07, 6.45) is 3.53. The minimum atomic E-state index is -4.23. The lowest BCUT2D eigenvalue weighted by Crippen LogP contribution is -2.44. The molecule has 1 aliphatic carbocycles. The second-order valence-electron chi connectivity index (χ2n) is 4.14. The van der Waals surface area contributed by atoms with E-state index in [1.807, 2.05) is 0 Å². The SMILES string of the molecule is NC1CCCCC1C(=O)NCCSC(F)(F)F. The van der Waals surface area contributed by atoms with Crippen LogP contribution in [0.2, 0.25) is 0 Å². The molecule has 2 unspecified atom stereocenters. The minimum absolute atomic E-state index is 0.0340. The van der Waals surface area contributed by atoms with E-state index in [1.165, 1.54) is 0 Å². The van der Waals surface area contributed by atoms with Gasteiger partial charge in [-0.05, 0) is 24.6 Å². The first-order valence-corrected chi connectivity index (χ1v) is 6.62. The molecule has 0 aliphatic heterocycles. The van der Waals surface area contributed by atoms with Gasteiger partial charge in [0.15, 0.2) is 0 Å². The maximum Gasteiger partial charge on any atom is 0.441 e. The smallest absolute Gasteiger partial charge is 0.355 e. The van der Waals surface area contributed by atoms with Gasteiger partial charge < -0.3 is 11.1 Å². The van der Waals surface area contributed by atoms with Crippen LogP contribution in [-0.2, 0) is 4.79 Å². The van der Waals surface area contributed by atoms with E-state index in [0.29, 0.717) is 0 Å². The average Bonchev–Trinajstić information content (AvgIpc) is 2.23. The quantitative estimate of drug-likeness (QED) is 0.767. The van der Waals surface area contributed by atoms with Crippen LogP contribution in [0.4, 0.5) is 13.2 Å². The van der Waals surface area contributed by atoms with Gasteiger partial charge in [-0.15, -0.1) is 0 Å². The third-order valence-corrected chi connectivity index (χ3v) is 3.56. The van der Waals surface area contributed by atoms with Crippen LogP contribution < -0.4 is 11.1 Å². The van der Waals surface area contributed by atoms with Crippen molar-refractivity contribution in [3.63, 3.8) is 0 Å². The van der Waals surface area contributed by atoms with E-state index in [4.69, 9.17) is 5.73 Å². The lowest BCUT2D eigenvalue weighted by atomic mass is 9.84. The first-order chi connectivity index (χ1) is 7.90. The highest BCUT2D eigenvalue weighted by Gasteiger charge is 2.29. The predicted octanol–water partition coefficient (Wildman–Crippen LogP) is 1.87. The molecule has 0 aromatic carbocycles. The molecule has 2 atom stereocenters. The molecule has 0 aromatic rings. The highest BCUT2D eigenvalue weighted by molar-refractivity contribution is 8.00. The Bertz CT molecular complexity index is 260. The van der Waals surface area contributed by atoms with Crippen LogP contribution in [0.15, 0.2) is 0 Å². The number of thioether (sulfide) groups is 1. The number of nitrogens with one attached hydrogen (secondary N) is 1. The van der Waals surface area contributed by atoms with Crippen LogP contribution in [0.3, 0.4) is 0 Å². The van der Waals surface area contributed by atoms with Gasteiger partial charge in [-0.2, -0.15) is 13.2 Å². The summed E-state index contributed by atoms with van der Waals surface area (Å²) in [7, 11) is 0. The van der Waals surface area contributed by atoms with Crippen molar-refractivity contribution in [2.75, 3.05) is 12.3 Å². The van der Waals surface area contributed by atoms with Gasteiger partial charge in [0, 0.05) is 18.3 Å². The van der Waals surface area contributed by atoms with Crippen molar-refractivity contribution in [3.05, 3.63) is 0 Å². The summed E-state index contributed by atoms with van der Waals surface area (Å²) in [5, 5.41) is 2.52. The molecule has 0 spiro atoms. The molecule has 0 heterocycles. The van der Waals surface area contributed by atoms with E-state index >= 15 is 0 Å². The van der Waals surface area contributed by atoms with Gasteiger partial charge in [0.2, 0.25) is 5.91 Å². The first-order valence-electron chi connectivity index (χ1n) is 5.64. The van der Waals surface area contributed by atoms with Crippen molar-refractivity contribution in [3.8, 4) is 0 Å². The number of carbonyl (C=O) groups is 1. The molecule has 1 saturated carbocycles. The molecule has 1 fully saturated rings. The fraction of sp³-hybridized carbons (Fsp3) is 0.900.